The average Bonchev–Trinajstić information content (AvgIpc) is 2.53. The van der Waals surface area contributed by atoms with E-state index >= 15 is 0 Å². The molecule has 0 radical (unpaired) electrons. The molecule has 20 heavy (non-hydrogen) atoms. The van der Waals surface area contributed by atoms with Crippen molar-refractivity contribution in [3.05, 3.63) is 65.7 Å². The maximum Gasteiger partial charge on any atom is 0.164 e. The molecule has 0 saturated heterocycles. The fourth-order valence-corrected chi connectivity index (χ4v) is 2.62. The molecular formula is C17H16O2S. The van der Waals surface area contributed by atoms with E-state index in [4.69, 9.17) is 0 Å². The van der Waals surface area contributed by atoms with Crippen LogP contribution < -0.4 is 0 Å². The number of ketones is 2. The lowest BCUT2D eigenvalue weighted by atomic mass is 10.0. The highest BCUT2D eigenvalue weighted by Gasteiger charge is 2.13. The highest BCUT2D eigenvalue weighted by atomic mass is 32.2. The topological polar surface area (TPSA) is 34.1 Å². The van der Waals surface area contributed by atoms with E-state index in [9.17, 15) is 9.59 Å². The molecule has 0 fully saturated rings. The van der Waals surface area contributed by atoms with Crippen molar-refractivity contribution in [1.29, 1.82) is 0 Å². The lowest BCUT2D eigenvalue weighted by Crippen LogP contribution is -2.06. The van der Waals surface area contributed by atoms with Crippen molar-refractivity contribution >= 4 is 23.3 Å². The van der Waals surface area contributed by atoms with E-state index in [2.05, 4.69) is 0 Å². The molecule has 3 heteroatoms. The van der Waals surface area contributed by atoms with Crippen LogP contribution in [0.5, 0.6) is 0 Å². The quantitative estimate of drug-likeness (QED) is 0.587. The first-order valence-electron chi connectivity index (χ1n) is 6.47. The lowest BCUT2D eigenvalue weighted by Gasteiger charge is -2.06. The average molecular weight is 284 g/mol. The Bertz CT molecular complexity index is 605. The Balaban J connectivity index is 2.01. The van der Waals surface area contributed by atoms with Gasteiger partial charge in [0.2, 0.25) is 0 Å². The second-order valence-corrected chi connectivity index (χ2v) is 5.26. The van der Waals surface area contributed by atoms with Gasteiger partial charge in [0.15, 0.2) is 11.6 Å². The zero-order valence-electron chi connectivity index (χ0n) is 11.3. The van der Waals surface area contributed by atoms with E-state index < -0.39 is 0 Å². The Morgan fingerprint density at radius 1 is 0.850 bits per heavy atom. The van der Waals surface area contributed by atoms with Crippen LogP contribution in [0, 0.1) is 0 Å². The fourth-order valence-electron chi connectivity index (χ4n) is 2.01. The Hall–Kier alpha value is -1.87. The second kappa shape index (κ2) is 7.06. The molecule has 2 nitrogen and oxygen atoms in total. The molecule has 0 bridgehead atoms. The van der Waals surface area contributed by atoms with Gasteiger partial charge >= 0.3 is 0 Å². The van der Waals surface area contributed by atoms with Crippen molar-refractivity contribution in [3.8, 4) is 0 Å². The first kappa shape index (κ1) is 14.5. The first-order valence-corrected chi connectivity index (χ1v) is 7.69. The summed E-state index contributed by atoms with van der Waals surface area (Å²) in [6, 6.07) is 16.6. The van der Waals surface area contributed by atoms with Gasteiger partial charge in [-0.3, -0.25) is 9.59 Å². The molecule has 2 aromatic rings. The maximum absolute atomic E-state index is 12.2. The van der Waals surface area contributed by atoms with Gasteiger partial charge in [-0.25, -0.2) is 0 Å². The third kappa shape index (κ3) is 3.58. The highest BCUT2D eigenvalue weighted by Crippen LogP contribution is 2.21. The number of carbonyl (C=O) groups is 2. The number of hydrogen-bond donors (Lipinski definition) is 0. The van der Waals surface area contributed by atoms with Gasteiger partial charge in [0.05, 0.1) is 0 Å². The predicted molar refractivity (Wildman–Crippen MR) is 82.6 cm³/mol. The molecule has 0 aromatic heterocycles. The van der Waals surface area contributed by atoms with Crippen molar-refractivity contribution in [3.63, 3.8) is 0 Å². The standard InChI is InChI=1S/C17H16O2S/c1-20-17-10-6-5-9-14(17)16(19)12-11-15(18)13-7-3-2-4-8-13/h2-10H,11-12H2,1H3. The smallest absolute Gasteiger partial charge is 0.164 e. The molecule has 0 N–H and O–H groups in total. The molecule has 0 spiro atoms. The Kier molecular flexibility index (Phi) is 5.13. The predicted octanol–water partition coefficient (Wildman–Crippen LogP) is 4.25. The van der Waals surface area contributed by atoms with Crippen LogP contribution in [0.3, 0.4) is 0 Å². The Morgan fingerprint density at radius 2 is 1.45 bits per heavy atom. The third-order valence-corrected chi connectivity index (χ3v) is 3.88. The normalized spacial score (nSPS) is 10.2. The Labute approximate surface area is 123 Å². The van der Waals surface area contributed by atoms with E-state index in [0.29, 0.717) is 11.1 Å². The van der Waals surface area contributed by atoms with Gasteiger partial charge in [-0.15, -0.1) is 11.8 Å². The van der Waals surface area contributed by atoms with Gasteiger partial charge in [-0.1, -0.05) is 48.5 Å². The van der Waals surface area contributed by atoms with E-state index in [0.717, 1.165) is 4.90 Å². The molecule has 0 unspecified atom stereocenters. The number of rotatable bonds is 6. The molecular weight excluding hydrogens is 268 g/mol. The zero-order chi connectivity index (χ0) is 14.4. The SMILES string of the molecule is CSc1ccccc1C(=O)CCC(=O)c1ccccc1. The van der Waals surface area contributed by atoms with Crippen LogP contribution in [-0.2, 0) is 0 Å². The van der Waals surface area contributed by atoms with E-state index in [1.165, 1.54) is 0 Å². The summed E-state index contributed by atoms with van der Waals surface area (Å²) in [6.07, 6.45) is 2.46. The van der Waals surface area contributed by atoms with Crippen LogP contribution in [0.25, 0.3) is 0 Å². The summed E-state index contributed by atoms with van der Waals surface area (Å²) in [5, 5.41) is 0. The minimum atomic E-state index is 0.0144. The molecule has 102 valence electrons. The highest BCUT2D eigenvalue weighted by molar-refractivity contribution is 7.98. The summed E-state index contributed by atoms with van der Waals surface area (Å²) in [4.78, 5) is 25.1. The van der Waals surface area contributed by atoms with Crippen molar-refractivity contribution in [2.24, 2.45) is 0 Å². The van der Waals surface area contributed by atoms with Crippen LogP contribution in [0.2, 0.25) is 0 Å². The van der Waals surface area contributed by atoms with Crippen LogP contribution in [-0.4, -0.2) is 17.8 Å². The van der Waals surface area contributed by atoms with E-state index in [1.54, 1.807) is 23.9 Å². The number of benzene rings is 2. The molecule has 2 rings (SSSR count). The zero-order valence-corrected chi connectivity index (χ0v) is 12.2. The largest absolute Gasteiger partial charge is 0.294 e. The van der Waals surface area contributed by atoms with Gasteiger partial charge in [0, 0.05) is 28.9 Å². The maximum atomic E-state index is 12.2. The summed E-state index contributed by atoms with van der Waals surface area (Å²) in [5.74, 6) is 0.0415. The molecule has 0 aliphatic rings. The summed E-state index contributed by atoms with van der Waals surface area (Å²) < 4.78 is 0. The second-order valence-electron chi connectivity index (χ2n) is 4.41. The fraction of sp³-hybridized carbons (Fsp3) is 0.176. The molecule has 0 atom stereocenters. The molecule has 0 aliphatic carbocycles. The van der Waals surface area contributed by atoms with Gasteiger partial charge in [-0.05, 0) is 12.3 Å². The minimum Gasteiger partial charge on any atom is -0.294 e. The van der Waals surface area contributed by atoms with Crippen LogP contribution in [0.1, 0.15) is 33.6 Å². The van der Waals surface area contributed by atoms with Gasteiger partial charge in [0.25, 0.3) is 0 Å². The Morgan fingerprint density at radius 3 is 2.15 bits per heavy atom. The summed E-state index contributed by atoms with van der Waals surface area (Å²) >= 11 is 1.55. The summed E-state index contributed by atoms with van der Waals surface area (Å²) in [5.41, 5.74) is 1.37. The van der Waals surface area contributed by atoms with Crippen molar-refractivity contribution in [2.45, 2.75) is 17.7 Å². The van der Waals surface area contributed by atoms with Crippen molar-refractivity contribution < 1.29 is 9.59 Å². The molecule has 2 aromatic carbocycles. The molecule has 0 amide bonds. The van der Waals surface area contributed by atoms with Gasteiger partial charge in [0.1, 0.15) is 0 Å². The molecule has 0 heterocycles. The third-order valence-electron chi connectivity index (χ3n) is 3.08. The lowest BCUT2D eigenvalue weighted by molar-refractivity contribution is 0.0916. The molecule has 0 saturated carbocycles. The molecule has 0 aliphatic heterocycles. The van der Waals surface area contributed by atoms with Crippen molar-refractivity contribution in [1.82, 2.24) is 0 Å². The summed E-state index contributed by atoms with van der Waals surface area (Å²) in [6.45, 7) is 0. The van der Waals surface area contributed by atoms with E-state index in [-0.39, 0.29) is 24.4 Å². The number of thioether (sulfide) groups is 1. The monoisotopic (exact) mass is 284 g/mol. The number of carbonyl (C=O) groups excluding carboxylic acids is 2. The summed E-state index contributed by atoms with van der Waals surface area (Å²) in [7, 11) is 0. The first-order chi connectivity index (χ1) is 9.72. The van der Waals surface area contributed by atoms with Gasteiger partial charge in [-0.2, -0.15) is 0 Å². The van der Waals surface area contributed by atoms with Crippen LogP contribution >= 0.6 is 11.8 Å². The minimum absolute atomic E-state index is 0.0144. The number of hydrogen-bond acceptors (Lipinski definition) is 3. The van der Waals surface area contributed by atoms with Crippen molar-refractivity contribution in [2.75, 3.05) is 6.26 Å². The van der Waals surface area contributed by atoms with E-state index in [1.807, 2.05) is 48.7 Å². The number of Topliss-reactive ketones (excluding diaryl/α,β-unsaturated/α-hetero) is 2. The van der Waals surface area contributed by atoms with Crippen LogP contribution in [0.15, 0.2) is 59.5 Å². The van der Waals surface area contributed by atoms with Gasteiger partial charge < -0.3 is 0 Å². The van der Waals surface area contributed by atoms with Crippen LogP contribution in [0.4, 0.5) is 0 Å².